The van der Waals surface area contributed by atoms with Crippen LogP contribution in [0.15, 0.2) is 48.5 Å². The van der Waals surface area contributed by atoms with Gasteiger partial charge in [-0.1, -0.05) is 49.7 Å². The van der Waals surface area contributed by atoms with Crippen LogP contribution in [0.3, 0.4) is 0 Å². The summed E-state index contributed by atoms with van der Waals surface area (Å²) in [6.07, 6.45) is 2.20. The molecule has 26 heavy (non-hydrogen) atoms. The fraction of sp³-hybridized carbons (Fsp3) is 0.300. The van der Waals surface area contributed by atoms with E-state index in [-0.39, 0.29) is 5.91 Å². The SMILES string of the molecule is CCCc1ccc(-c2ccc(C(=O)N3CSC[C@H]3C(=O)NO)cc2)cc1. The van der Waals surface area contributed by atoms with Crippen molar-refractivity contribution in [2.75, 3.05) is 11.6 Å². The van der Waals surface area contributed by atoms with E-state index in [2.05, 4.69) is 31.2 Å². The molecule has 1 aliphatic heterocycles. The lowest BCUT2D eigenvalue weighted by Gasteiger charge is -2.22. The molecule has 3 rings (SSSR count). The van der Waals surface area contributed by atoms with Crippen molar-refractivity contribution in [3.63, 3.8) is 0 Å². The first-order valence-corrected chi connectivity index (χ1v) is 9.81. The van der Waals surface area contributed by atoms with E-state index >= 15 is 0 Å². The Bertz CT molecular complexity index is 775. The third-order valence-corrected chi connectivity index (χ3v) is 5.53. The summed E-state index contributed by atoms with van der Waals surface area (Å²) in [4.78, 5) is 25.9. The number of thioether (sulfide) groups is 1. The lowest BCUT2D eigenvalue weighted by Crippen LogP contribution is -2.46. The standard InChI is InChI=1S/C20H22N2O3S/c1-2-3-14-4-6-15(7-5-14)16-8-10-17(11-9-16)20(24)22-13-26-12-18(22)19(23)21-25/h4-11,18,25H,2-3,12-13H2,1H3,(H,21,23)/t18-/m0/s1. The second-order valence-corrected chi connectivity index (χ2v) is 7.29. The van der Waals surface area contributed by atoms with Crippen molar-refractivity contribution >= 4 is 23.6 Å². The minimum Gasteiger partial charge on any atom is -0.316 e. The number of amides is 2. The van der Waals surface area contributed by atoms with Gasteiger partial charge in [0.15, 0.2) is 0 Å². The Labute approximate surface area is 157 Å². The highest BCUT2D eigenvalue weighted by Crippen LogP contribution is 2.25. The average Bonchev–Trinajstić information content (AvgIpc) is 3.18. The third-order valence-electron chi connectivity index (χ3n) is 4.51. The number of nitrogens with zero attached hydrogens (tertiary/aromatic N) is 1. The van der Waals surface area contributed by atoms with E-state index in [0.717, 1.165) is 24.0 Å². The van der Waals surface area contributed by atoms with Gasteiger partial charge in [-0.05, 0) is 35.2 Å². The fourth-order valence-electron chi connectivity index (χ4n) is 3.06. The van der Waals surface area contributed by atoms with Crippen molar-refractivity contribution in [3.05, 3.63) is 59.7 Å². The third kappa shape index (κ3) is 3.92. The minimum atomic E-state index is -0.636. The average molecular weight is 370 g/mol. The van der Waals surface area contributed by atoms with E-state index in [9.17, 15) is 9.59 Å². The molecule has 0 aliphatic carbocycles. The van der Waals surface area contributed by atoms with Crippen molar-refractivity contribution in [2.24, 2.45) is 0 Å². The van der Waals surface area contributed by atoms with Crippen LogP contribution >= 0.6 is 11.8 Å². The van der Waals surface area contributed by atoms with Crippen molar-refractivity contribution in [1.29, 1.82) is 0 Å². The summed E-state index contributed by atoms with van der Waals surface area (Å²) < 4.78 is 0. The summed E-state index contributed by atoms with van der Waals surface area (Å²) in [6, 6.07) is 15.3. The molecule has 2 aromatic carbocycles. The molecule has 2 aromatic rings. The predicted molar refractivity (Wildman–Crippen MR) is 103 cm³/mol. The van der Waals surface area contributed by atoms with Crippen molar-refractivity contribution in [2.45, 2.75) is 25.8 Å². The van der Waals surface area contributed by atoms with Crippen LogP contribution in [-0.2, 0) is 11.2 Å². The maximum Gasteiger partial charge on any atom is 0.267 e. The second kappa shape index (κ2) is 8.38. The highest BCUT2D eigenvalue weighted by atomic mass is 32.2. The van der Waals surface area contributed by atoms with E-state index in [1.54, 1.807) is 17.6 Å². The molecule has 1 heterocycles. The number of hydroxylamine groups is 1. The van der Waals surface area contributed by atoms with Gasteiger partial charge in [0.2, 0.25) is 0 Å². The number of hydrogen-bond acceptors (Lipinski definition) is 4. The Morgan fingerprint density at radius 2 is 1.73 bits per heavy atom. The monoisotopic (exact) mass is 370 g/mol. The number of benzene rings is 2. The summed E-state index contributed by atoms with van der Waals surface area (Å²) >= 11 is 1.50. The molecule has 136 valence electrons. The Morgan fingerprint density at radius 3 is 2.31 bits per heavy atom. The summed E-state index contributed by atoms with van der Waals surface area (Å²) in [7, 11) is 0. The van der Waals surface area contributed by atoms with Gasteiger partial charge in [0.1, 0.15) is 6.04 Å². The number of carbonyl (C=O) groups excluding carboxylic acids is 2. The molecule has 0 unspecified atom stereocenters. The Balaban J connectivity index is 1.74. The van der Waals surface area contributed by atoms with Gasteiger partial charge in [-0.15, -0.1) is 11.8 Å². The molecule has 2 amide bonds. The van der Waals surface area contributed by atoms with Crippen molar-refractivity contribution in [1.82, 2.24) is 10.4 Å². The predicted octanol–water partition coefficient (Wildman–Crippen LogP) is 3.33. The van der Waals surface area contributed by atoms with Crippen LogP contribution in [0.1, 0.15) is 29.3 Å². The zero-order valence-corrected chi connectivity index (χ0v) is 15.5. The first-order chi connectivity index (χ1) is 12.6. The topological polar surface area (TPSA) is 69.6 Å². The molecule has 1 fully saturated rings. The first-order valence-electron chi connectivity index (χ1n) is 8.66. The first kappa shape index (κ1) is 18.5. The molecule has 6 heteroatoms. The van der Waals surface area contributed by atoms with Gasteiger partial charge < -0.3 is 4.90 Å². The Hall–Kier alpha value is -2.31. The van der Waals surface area contributed by atoms with E-state index in [1.807, 2.05) is 12.1 Å². The number of hydrogen-bond donors (Lipinski definition) is 2. The molecule has 0 aromatic heterocycles. The normalized spacial score (nSPS) is 16.5. The number of aryl methyl sites for hydroxylation is 1. The molecule has 0 saturated carbocycles. The molecule has 0 bridgehead atoms. The molecular weight excluding hydrogens is 348 g/mol. The lowest BCUT2D eigenvalue weighted by molar-refractivity contribution is -0.132. The maximum absolute atomic E-state index is 12.7. The number of carbonyl (C=O) groups is 2. The number of rotatable bonds is 5. The summed E-state index contributed by atoms with van der Waals surface area (Å²) in [5, 5.41) is 8.83. The lowest BCUT2D eigenvalue weighted by atomic mass is 10.0. The van der Waals surface area contributed by atoms with Crippen molar-refractivity contribution < 1.29 is 14.8 Å². The molecule has 1 atom stereocenters. The van der Waals surface area contributed by atoms with Gasteiger partial charge >= 0.3 is 0 Å². The second-order valence-electron chi connectivity index (χ2n) is 6.29. The minimum absolute atomic E-state index is 0.201. The smallest absolute Gasteiger partial charge is 0.267 e. The fourth-order valence-corrected chi connectivity index (χ4v) is 4.21. The molecule has 1 aliphatic rings. The zero-order chi connectivity index (χ0) is 18.5. The van der Waals surface area contributed by atoms with Gasteiger partial charge in [-0.3, -0.25) is 14.8 Å². The molecule has 0 spiro atoms. The van der Waals surface area contributed by atoms with E-state index < -0.39 is 11.9 Å². The van der Waals surface area contributed by atoms with E-state index in [4.69, 9.17) is 5.21 Å². The van der Waals surface area contributed by atoms with Crippen LogP contribution in [0, 0.1) is 0 Å². The quantitative estimate of drug-likeness (QED) is 0.626. The molecule has 2 N–H and O–H groups in total. The summed E-state index contributed by atoms with van der Waals surface area (Å²) in [5.41, 5.74) is 5.66. The largest absolute Gasteiger partial charge is 0.316 e. The van der Waals surface area contributed by atoms with Gasteiger partial charge in [-0.25, -0.2) is 5.48 Å². The number of nitrogens with one attached hydrogen (secondary N) is 1. The Kier molecular flexibility index (Phi) is 5.96. The van der Waals surface area contributed by atoms with E-state index in [1.165, 1.54) is 22.2 Å². The molecule has 0 radical (unpaired) electrons. The molecule has 1 saturated heterocycles. The van der Waals surface area contributed by atoms with Gasteiger partial charge in [0.05, 0.1) is 5.88 Å². The van der Waals surface area contributed by atoms with Gasteiger partial charge in [0, 0.05) is 11.3 Å². The highest BCUT2D eigenvalue weighted by molar-refractivity contribution is 7.99. The summed E-state index contributed by atoms with van der Waals surface area (Å²) in [5.74, 6) is 0.179. The Morgan fingerprint density at radius 1 is 1.12 bits per heavy atom. The van der Waals surface area contributed by atoms with Gasteiger partial charge in [-0.2, -0.15) is 0 Å². The van der Waals surface area contributed by atoms with Crippen LogP contribution < -0.4 is 5.48 Å². The van der Waals surface area contributed by atoms with Crippen LogP contribution in [0.5, 0.6) is 0 Å². The molecular formula is C20H22N2O3S. The van der Waals surface area contributed by atoms with Crippen LogP contribution in [0.2, 0.25) is 0 Å². The summed E-state index contributed by atoms with van der Waals surface area (Å²) in [6.45, 7) is 2.16. The van der Waals surface area contributed by atoms with Gasteiger partial charge in [0.25, 0.3) is 11.8 Å². The zero-order valence-electron chi connectivity index (χ0n) is 14.6. The maximum atomic E-state index is 12.7. The van der Waals surface area contributed by atoms with Crippen LogP contribution in [0.25, 0.3) is 11.1 Å². The van der Waals surface area contributed by atoms with Crippen LogP contribution in [0.4, 0.5) is 0 Å². The van der Waals surface area contributed by atoms with E-state index in [0.29, 0.717) is 17.2 Å². The molecule has 5 nitrogen and oxygen atoms in total. The highest BCUT2D eigenvalue weighted by Gasteiger charge is 2.34. The van der Waals surface area contributed by atoms with Crippen LogP contribution in [-0.4, -0.2) is 39.6 Å². The van der Waals surface area contributed by atoms with Crippen molar-refractivity contribution in [3.8, 4) is 11.1 Å².